The largest absolute Gasteiger partial charge is 0.373 e. The third-order valence-electron chi connectivity index (χ3n) is 4.52. The number of nitrogens with zero attached hydrogens (tertiary/aromatic N) is 2. The fourth-order valence-electron chi connectivity index (χ4n) is 3.12. The highest BCUT2D eigenvalue weighted by molar-refractivity contribution is 5.73. The molecule has 2 rings (SSSR count). The highest BCUT2D eigenvalue weighted by Gasteiger charge is 2.17. The number of urea groups is 1. The number of carbonyl (C=O) groups excluding carboxylic acids is 1. The maximum absolute atomic E-state index is 12.1. The first kappa shape index (κ1) is 16.7. The van der Waals surface area contributed by atoms with Gasteiger partial charge in [-0.25, -0.2) is 4.79 Å². The van der Waals surface area contributed by atoms with Crippen molar-refractivity contribution >= 4 is 11.7 Å². The normalized spacial score (nSPS) is 15.4. The molecule has 1 aromatic carbocycles. The molecule has 1 aliphatic carbocycles. The summed E-state index contributed by atoms with van der Waals surface area (Å²) in [7, 11) is 3.96. The van der Waals surface area contributed by atoms with Gasteiger partial charge in [0.1, 0.15) is 0 Å². The lowest BCUT2D eigenvalue weighted by molar-refractivity contribution is 0.192. The van der Waals surface area contributed by atoms with Crippen LogP contribution in [0.3, 0.4) is 0 Å². The number of likely N-dealkylation sites (N-methyl/N-ethyl adjacent to an activating group) is 1. The molecule has 0 unspecified atom stereocenters. The topological polar surface area (TPSA) is 35.6 Å². The van der Waals surface area contributed by atoms with Gasteiger partial charge >= 0.3 is 6.03 Å². The van der Waals surface area contributed by atoms with Gasteiger partial charge in [-0.2, -0.15) is 0 Å². The molecule has 0 aliphatic heterocycles. The zero-order chi connectivity index (χ0) is 15.8. The van der Waals surface area contributed by atoms with Crippen LogP contribution in [0.25, 0.3) is 0 Å². The van der Waals surface area contributed by atoms with Crippen molar-refractivity contribution in [1.29, 1.82) is 0 Å². The van der Waals surface area contributed by atoms with Crippen LogP contribution in [0.1, 0.15) is 32.1 Å². The van der Waals surface area contributed by atoms with E-state index >= 15 is 0 Å². The number of hydrogen-bond donors (Lipinski definition) is 1. The first-order valence-electron chi connectivity index (χ1n) is 8.42. The molecule has 0 bridgehead atoms. The predicted molar refractivity (Wildman–Crippen MR) is 92.3 cm³/mol. The van der Waals surface area contributed by atoms with Crippen LogP contribution < -0.4 is 10.2 Å². The predicted octanol–water partition coefficient (Wildman–Crippen LogP) is 3.34. The molecule has 0 heterocycles. The lowest BCUT2D eigenvalue weighted by Crippen LogP contribution is -2.42. The number of nitrogens with one attached hydrogen (secondary N) is 1. The number of hydrogen-bond acceptors (Lipinski definition) is 2. The van der Waals surface area contributed by atoms with Crippen LogP contribution >= 0.6 is 0 Å². The number of carbonyl (C=O) groups is 1. The number of amides is 2. The van der Waals surface area contributed by atoms with Crippen LogP contribution in [-0.2, 0) is 0 Å². The van der Waals surface area contributed by atoms with E-state index in [1.54, 1.807) is 0 Å². The standard InChI is InChI=1S/C18H29N3O/c1-20(17-11-7-4-8-12-17)14-13-19-18(22)21(2)15-16-9-5-3-6-10-16/h4,7-8,11-12,16H,3,5-6,9-10,13-15H2,1-2H3,(H,19,22). The fraction of sp³-hybridized carbons (Fsp3) is 0.611. The van der Waals surface area contributed by atoms with Gasteiger partial charge in [0.2, 0.25) is 0 Å². The van der Waals surface area contributed by atoms with Gasteiger partial charge in [-0.05, 0) is 30.9 Å². The van der Waals surface area contributed by atoms with E-state index < -0.39 is 0 Å². The summed E-state index contributed by atoms with van der Waals surface area (Å²) in [5, 5.41) is 3.02. The Bertz CT molecular complexity index is 443. The molecule has 0 aromatic heterocycles. The molecule has 2 amide bonds. The van der Waals surface area contributed by atoms with Gasteiger partial charge in [-0.15, -0.1) is 0 Å². The monoisotopic (exact) mass is 303 g/mol. The number of para-hydroxylation sites is 1. The lowest BCUT2D eigenvalue weighted by atomic mass is 9.89. The fourth-order valence-corrected chi connectivity index (χ4v) is 3.12. The van der Waals surface area contributed by atoms with Crippen LogP contribution in [0, 0.1) is 5.92 Å². The quantitative estimate of drug-likeness (QED) is 0.875. The third-order valence-corrected chi connectivity index (χ3v) is 4.52. The summed E-state index contributed by atoms with van der Waals surface area (Å²) < 4.78 is 0. The molecule has 0 spiro atoms. The first-order chi connectivity index (χ1) is 10.7. The third kappa shape index (κ3) is 5.24. The van der Waals surface area contributed by atoms with Gasteiger partial charge in [-0.3, -0.25) is 0 Å². The van der Waals surface area contributed by atoms with Crippen molar-refractivity contribution in [3.05, 3.63) is 30.3 Å². The summed E-state index contributed by atoms with van der Waals surface area (Å²) in [5.41, 5.74) is 1.17. The Morgan fingerprint density at radius 2 is 1.82 bits per heavy atom. The number of benzene rings is 1. The van der Waals surface area contributed by atoms with Gasteiger partial charge in [0.05, 0.1) is 0 Å². The van der Waals surface area contributed by atoms with Gasteiger partial charge in [0.25, 0.3) is 0 Å². The highest BCUT2D eigenvalue weighted by atomic mass is 16.2. The second-order valence-electron chi connectivity index (χ2n) is 6.37. The van der Waals surface area contributed by atoms with E-state index in [4.69, 9.17) is 0 Å². The van der Waals surface area contributed by atoms with Gasteiger partial charge in [0, 0.05) is 39.4 Å². The maximum atomic E-state index is 12.1. The Balaban J connectivity index is 1.66. The Kier molecular flexibility index (Phi) is 6.56. The molecule has 1 N–H and O–H groups in total. The van der Waals surface area contributed by atoms with Crippen molar-refractivity contribution in [3.8, 4) is 0 Å². The molecule has 1 saturated carbocycles. The Labute approximate surface area is 134 Å². The zero-order valence-electron chi connectivity index (χ0n) is 13.9. The minimum Gasteiger partial charge on any atom is -0.373 e. The average molecular weight is 303 g/mol. The molecule has 1 aromatic rings. The summed E-state index contributed by atoms with van der Waals surface area (Å²) in [4.78, 5) is 16.1. The summed E-state index contributed by atoms with van der Waals surface area (Å²) in [6, 6.07) is 10.3. The van der Waals surface area contributed by atoms with E-state index in [0.717, 1.165) is 13.1 Å². The second kappa shape index (κ2) is 8.66. The SMILES string of the molecule is CN(CC1CCCCC1)C(=O)NCCN(C)c1ccccc1. The Hall–Kier alpha value is -1.71. The molecule has 4 nitrogen and oxygen atoms in total. The summed E-state index contributed by atoms with van der Waals surface area (Å²) in [6.07, 6.45) is 6.55. The zero-order valence-corrected chi connectivity index (χ0v) is 13.9. The summed E-state index contributed by atoms with van der Waals surface area (Å²) in [5.74, 6) is 0.691. The average Bonchev–Trinajstić information content (AvgIpc) is 2.56. The van der Waals surface area contributed by atoms with Gasteiger partial charge in [0.15, 0.2) is 0 Å². The van der Waals surface area contributed by atoms with Crippen LogP contribution in [-0.4, -0.2) is 44.7 Å². The van der Waals surface area contributed by atoms with E-state index in [-0.39, 0.29) is 6.03 Å². The van der Waals surface area contributed by atoms with E-state index in [1.807, 2.05) is 37.2 Å². The van der Waals surface area contributed by atoms with Crippen molar-refractivity contribution in [2.24, 2.45) is 5.92 Å². The first-order valence-corrected chi connectivity index (χ1v) is 8.42. The lowest BCUT2D eigenvalue weighted by Gasteiger charge is -2.27. The van der Waals surface area contributed by atoms with Crippen LogP contribution in [0.4, 0.5) is 10.5 Å². The molecule has 22 heavy (non-hydrogen) atoms. The van der Waals surface area contributed by atoms with E-state index in [1.165, 1.54) is 37.8 Å². The minimum atomic E-state index is 0.0482. The molecule has 1 fully saturated rings. The van der Waals surface area contributed by atoms with Crippen molar-refractivity contribution in [3.63, 3.8) is 0 Å². The van der Waals surface area contributed by atoms with Crippen LogP contribution in [0.2, 0.25) is 0 Å². The van der Waals surface area contributed by atoms with Crippen molar-refractivity contribution in [2.75, 3.05) is 38.6 Å². The summed E-state index contributed by atoms with van der Waals surface area (Å²) >= 11 is 0. The van der Waals surface area contributed by atoms with E-state index in [9.17, 15) is 4.79 Å². The van der Waals surface area contributed by atoms with Crippen molar-refractivity contribution in [1.82, 2.24) is 10.2 Å². The molecule has 4 heteroatoms. The summed E-state index contributed by atoms with van der Waals surface area (Å²) in [6.45, 7) is 2.37. The van der Waals surface area contributed by atoms with E-state index in [2.05, 4.69) is 22.3 Å². The molecule has 0 radical (unpaired) electrons. The van der Waals surface area contributed by atoms with Crippen LogP contribution in [0.5, 0.6) is 0 Å². The van der Waals surface area contributed by atoms with Gasteiger partial charge < -0.3 is 15.1 Å². The molecule has 0 atom stereocenters. The molecular formula is C18H29N3O. The molecule has 122 valence electrons. The maximum Gasteiger partial charge on any atom is 0.317 e. The second-order valence-corrected chi connectivity index (χ2v) is 6.37. The minimum absolute atomic E-state index is 0.0482. The highest BCUT2D eigenvalue weighted by Crippen LogP contribution is 2.24. The van der Waals surface area contributed by atoms with Crippen molar-refractivity contribution in [2.45, 2.75) is 32.1 Å². The van der Waals surface area contributed by atoms with Crippen molar-refractivity contribution < 1.29 is 4.79 Å². The van der Waals surface area contributed by atoms with E-state index in [0.29, 0.717) is 12.5 Å². The molecular weight excluding hydrogens is 274 g/mol. The molecule has 0 saturated heterocycles. The number of rotatable bonds is 6. The smallest absolute Gasteiger partial charge is 0.317 e. The number of anilines is 1. The van der Waals surface area contributed by atoms with Crippen LogP contribution in [0.15, 0.2) is 30.3 Å². The Morgan fingerprint density at radius 1 is 1.14 bits per heavy atom. The Morgan fingerprint density at radius 3 is 2.50 bits per heavy atom. The van der Waals surface area contributed by atoms with Gasteiger partial charge in [-0.1, -0.05) is 37.5 Å². The molecule has 1 aliphatic rings.